The number of allylic oxidation sites excluding steroid dienone is 2. The molecule has 3 aliphatic rings. The molecule has 0 radical (unpaired) electrons. The summed E-state index contributed by atoms with van der Waals surface area (Å²) in [6, 6.07) is 18.0. The lowest BCUT2D eigenvalue weighted by atomic mass is 9.84. The van der Waals surface area contributed by atoms with Gasteiger partial charge >= 0.3 is 0 Å². The van der Waals surface area contributed by atoms with Crippen molar-refractivity contribution in [2.75, 3.05) is 0 Å². The van der Waals surface area contributed by atoms with Gasteiger partial charge in [-0.2, -0.15) is 0 Å². The zero-order valence-electron chi connectivity index (χ0n) is 14.9. The van der Waals surface area contributed by atoms with E-state index in [0.29, 0.717) is 0 Å². The fraction of sp³-hybridized carbons (Fsp3) is 0.333. The molecule has 1 unspecified atom stereocenters. The topological polar surface area (TPSA) is 3.24 Å². The average molecular weight is 327 g/mol. The molecule has 0 saturated heterocycles. The van der Waals surface area contributed by atoms with E-state index >= 15 is 0 Å². The van der Waals surface area contributed by atoms with E-state index in [0.717, 1.165) is 12.5 Å². The minimum Gasteiger partial charge on any atom is -0.360 e. The molecule has 1 fully saturated rings. The van der Waals surface area contributed by atoms with Crippen LogP contribution < -0.4 is 0 Å². The van der Waals surface area contributed by atoms with Crippen molar-refractivity contribution >= 4 is 5.57 Å². The smallest absolute Gasteiger partial charge is 0.0819 e. The van der Waals surface area contributed by atoms with Crippen LogP contribution in [0.15, 0.2) is 66.9 Å². The summed E-state index contributed by atoms with van der Waals surface area (Å²) in [5.41, 5.74) is 7.17. The van der Waals surface area contributed by atoms with Gasteiger partial charge in [0, 0.05) is 12.7 Å². The summed E-state index contributed by atoms with van der Waals surface area (Å²) in [4.78, 5) is 2.49. The molecule has 5 rings (SSSR count). The van der Waals surface area contributed by atoms with E-state index in [1.807, 2.05) is 0 Å². The molecule has 0 bridgehead atoms. The van der Waals surface area contributed by atoms with Gasteiger partial charge in [0.05, 0.1) is 5.54 Å². The van der Waals surface area contributed by atoms with E-state index in [1.165, 1.54) is 47.9 Å². The van der Waals surface area contributed by atoms with Gasteiger partial charge in [-0.3, -0.25) is 0 Å². The first-order valence-electron chi connectivity index (χ1n) is 9.60. The van der Waals surface area contributed by atoms with Gasteiger partial charge in [0.15, 0.2) is 0 Å². The highest BCUT2D eigenvalue weighted by atomic mass is 15.2. The van der Waals surface area contributed by atoms with Crippen LogP contribution in [0, 0.1) is 0 Å². The van der Waals surface area contributed by atoms with Crippen molar-refractivity contribution < 1.29 is 0 Å². The monoisotopic (exact) mass is 327 g/mol. The van der Waals surface area contributed by atoms with Gasteiger partial charge in [-0.1, -0.05) is 61.4 Å². The van der Waals surface area contributed by atoms with Crippen LogP contribution in [-0.2, 0) is 12.1 Å². The lowest BCUT2D eigenvalue weighted by Crippen LogP contribution is -2.34. The molecule has 2 aliphatic heterocycles. The molecule has 1 atom stereocenters. The van der Waals surface area contributed by atoms with Crippen LogP contribution in [0.3, 0.4) is 0 Å². The van der Waals surface area contributed by atoms with Crippen LogP contribution in [0.4, 0.5) is 0 Å². The molecular weight excluding hydrogens is 302 g/mol. The number of benzene rings is 2. The second-order valence-corrected chi connectivity index (χ2v) is 7.95. The molecule has 1 nitrogen and oxygen atoms in total. The van der Waals surface area contributed by atoms with Crippen LogP contribution in [0.1, 0.15) is 60.8 Å². The number of nitrogens with zero attached hydrogens (tertiary/aromatic N) is 1. The van der Waals surface area contributed by atoms with E-state index in [1.54, 1.807) is 5.56 Å². The molecule has 1 heteroatoms. The molecule has 0 aromatic heterocycles. The van der Waals surface area contributed by atoms with Crippen LogP contribution in [0.25, 0.3) is 5.57 Å². The number of hydrogen-bond acceptors (Lipinski definition) is 1. The van der Waals surface area contributed by atoms with E-state index < -0.39 is 0 Å². The Morgan fingerprint density at radius 1 is 1.00 bits per heavy atom. The minimum atomic E-state index is -0.0239. The third-order valence-electron chi connectivity index (χ3n) is 6.42. The van der Waals surface area contributed by atoms with Gasteiger partial charge in [0.1, 0.15) is 0 Å². The summed E-state index contributed by atoms with van der Waals surface area (Å²) in [6.07, 6.45) is 12.5. The molecule has 1 saturated carbocycles. The van der Waals surface area contributed by atoms with Gasteiger partial charge in [-0.15, -0.1) is 0 Å². The standard InChI is InChI=1S/C24H25N/c1-24-16-21(19-7-3-2-4-8-19)13-14-25(24)17-22-12-11-20(15-23(22)24)18-9-5-6-10-18/h2-4,7-8,11-16,18H,5-6,9-10,17H2,1H3. The zero-order chi connectivity index (χ0) is 16.9. The highest BCUT2D eigenvalue weighted by Gasteiger charge is 2.40. The Bertz CT molecular complexity index is 855. The van der Waals surface area contributed by atoms with Crippen LogP contribution in [0.2, 0.25) is 0 Å². The lowest BCUT2D eigenvalue weighted by Gasteiger charge is -2.36. The van der Waals surface area contributed by atoms with Crippen LogP contribution in [0.5, 0.6) is 0 Å². The van der Waals surface area contributed by atoms with Crippen molar-refractivity contribution in [3.8, 4) is 0 Å². The maximum Gasteiger partial charge on any atom is 0.0819 e. The maximum atomic E-state index is 2.52. The highest BCUT2D eigenvalue weighted by molar-refractivity contribution is 5.77. The van der Waals surface area contributed by atoms with Crippen molar-refractivity contribution in [2.24, 2.45) is 0 Å². The van der Waals surface area contributed by atoms with Crippen molar-refractivity contribution in [3.05, 3.63) is 89.1 Å². The second kappa shape index (κ2) is 5.62. The lowest BCUT2D eigenvalue weighted by molar-refractivity contribution is 0.241. The molecule has 2 aromatic carbocycles. The first-order chi connectivity index (χ1) is 12.2. The molecular formula is C24H25N. The summed E-state index contributed by atoms with van der Waals surface area (Å²) >= 11 is 0. The molecule has 0 amide bonds. The minimum absolute atomic E-state index is 0.0239. The SMILES string of the molecule is CC12C=C(c3ccccc3)C=CN1Cc1ccc(C3CCCC3)cc12. The zero-order valence-corrected chi connectivity index (χ0v) is 14.9. The molecule has 2 aromatic rings. The number of rotatable bonds is 2. The van der Waals surface area contributed by atoms with Crippen LogP contribution >= 0.6 is 0 Å². The Kier molecular flexibility index (Phi) is 3.38. The van der Waals surface area contributed by atoms with E-state index in [4.69, 9.17) is 0 Å². The predicted molar refractivity (Wildman–Crippen MR) is 104 cm³/mol. The third-order valence-corrected chi connectivity index (χ3v) is 6.42. The molecule has 25 heavy (non-hydrogen) atoms. The predicted octanol–water partition coefficient (Wildman–Crippen LogP) is 5.99. The maximum absolute atomic E-state index is 2.52. The van der Waals surface area contributed by atoms with E-state index in [-0.39, 0.29) is 5.54 Å². The van der Waals surface area contributed by atoms with Gasteiger partial charge in [-0.25, -0.2) is 0 Å². The largest absolute Gasteiger partial charge is 0.360 e. The van der Waals surface area contributed by atoms with Gasteiger partial charge < -0.3 is 4.90 Å². The van der Waals surface area contributed by atoms with Crippen molar-refractivity contribution in [3.63, 3.8) is 0 Å². The first kappa shape index (κ1) is 15.0. The third kappa shape index (κ3) is 2.37. The molecule has 0 spiro atoms. The normalized spacial score (nSPS) is 25.0. The summed E-state index contributed by atoms with van der Waals surface area (Å²) in [6.45, 7) is 3.40. The molecule has 1 aliphatic carbocycles. The summed E-state index contributed by atoms with van der Waals surface area (Å²) in [5.74, 6) is 0.777. The van der Waals surface area contributed by atoms with Crippen molar-refractivity contribution in [2.45, 2.75) is 50.6 Å². The van der Waals surface area contributed by atoms with E-state index in [9.17, 15) is 0 Å². The number of hydrogen-bond donors (Lipinski definition) is 0. The summed E-state index contributed by atoms with van der Waals surface area (Å²) < 4.78 is 0. The average Bonchev–Trinajstić information content (AvgIpc) is 3.28. The quantitative estimate of drug-likeness (QED) is 0.655. The fourth-order valence-electron chi connectivity index (χ4n) is 4.92. The van der Waals surface area contributed by atoms with Crippen molar-refractivity contribution in [1.29, 1.82) is 0 Å². The number of fused-ring (bicyclic) bond motifs is 3. The first-order valence-corrected chi connectivity index (χ1v) is 9.60. The summed E-state index contributed by atoms with van der Waals surface area (Å²) in [5, 5.41) is 0. The Balaban J connectivity index is 1.58. The van der Waals surface area contributed by atoms with Crippen LogP contribution in [-0.4, -0.2) is 4.90 Å². The Labute approximate surface area is 150 Å². The van der Waals surface area contributed by atoms with Gasteiger partial charge in [-0.05, 0) is 65.7 Å². The Morgan fingerprint density at radius 2 is 1.80 bits per heavy atom. The second-order valence-electron chi connectivity index (χ2n) is 7.95. The molecule has 2 heterocycles. The Morgan fingerprint density at radius 3 is 2.60 bits per heavy atom. The summed E-state index contributed by atoms with van der Waals surface area (Å²) in [7, 11) is 0. The highest BCUT2D eigenvalue weighted by Crippen LogP contribution is 2.46. The van der Waals surface area contributed by atoms with E-state index in [2.05, 4.69) is 78.7 Å². The van der Waals surface area contributed by atoms with Gasteiger partial charge in [0.2, 0.25) is 0 Å². The fourth-order valence-corrected chi connectivity index (χ4v) is 4.92. The Hall–Kier alpha value is -2.28. The van der Waals surface area contributed by atoms with Gasteiger partial charge in [0.25, 0.3) is 0 Å². The molecule has 0 N–H and O–H groups in total. The van der Waals surface area contributed by atoms with Crippen molar-refractivity contribution in [1.82, 2.24) is 4.90 Å². The molecule has 126 valence electrons.